The van der Waals surface area contributed by atoms with Gasteiger partial charge in [-0.3, -0.25) is 4.79 Å². The number of carbonyl (C=O) groups excluding carboxylic acids is 1. The van der Waals surface area contributed by atoms with E-state index >= 15 is 0 Å². The lowest BCUT2D eigenvalue weighted by Crippen LogP contribution is -2.40. The molecule has 1 aromatic rings. The average Bonchev–Trinajstić information content (AvgIpc) is 2.16. The van der Waals surface area contributed by atoms with Crippen molar-refractivity contribution < 1.29 is 13.2 Å². The van der Waals surface area contributed by atoms with Crippen molar-refractivity contribution in [1.29, 1.82) is 0 Å². The van der Waals surface area contributed by atoms with Gasteiger partial charge in [-0.15, -0.1) is 0 Å². The standard InChI is InChI=1S/C13H20N2O3S/c1-9-6-7-11(14-10(2)16)8-12(9)19(17,18)15-13(3,4)5/h6-8,15H,1-5H3,(H,14,16). The number of amides is 1. The number of aryl methyl sites for hydroxylation is 1. The zero-order valence-corrected chi connectivity index (χ0v) is 12.7. The van der Waals surface area contributed by atoms with Gasteiger partial charge in [0.2, 0.25) is 15.9 Å². The number of sulfonamides is 1. The van der Waals surface area contributed by atoms with E-state index in [0.717, 1.165) is 0 Å². The summed E-state index contributed by atoms with van der Waals surface area (Å²) >= 11 is 0. The summed E-state index contributed by atoms with van der Waals surface area (Å²) in [6, 6.07) is 4.81. The molecule has 106 valence electrons. The van der Waals surface area contributed by atoms with Crippen molar-refractivity contribution >= 4 is 21.6 Å². The third kappa shape index (κ3) is 4.65. The Hall–Kier alpha value is -1.40. The minimum Gasteiger partial charge on any atom is -0.326 e. The summed E-state index contributed by atoms with van der Waals surface area (Å²) in [7, 11) is -3.61. The summed E-state index contributed by atoms with van der Waals surface area (Å²) in [6.07, 6.45) is 0. The number of nitrogens with one attached hydrogen (secondary N) is 2. The van der Waals surface area contributed by atoms with Crippen LogP contribution in [0.2, 0.25) is 0 Å². The highest BCUT2D eigenvalue weighted by molar-refractivity contribution is 7.89. The van der Waals surface area contributed by atoms with Gasteiger partial charge in [0, 0.05) is 18.2 Å². The molecule has 0 saturated carbocycles. The first-order valence-electron chi connectivity index (χ1n) is 5.93. The predicted molar refractivity (Wildman–Crippen MR) is 75.6 cm³/mol. The Morgan fingerprint density at radius 2 is 1.79 bits per heavy atom. The van der Waals surface area contributed by atoms with E-state index in [1.54, 1.807) is 39.8 Å². The minimum atomic E-state index is -3.61. The molecule has 1 aromatic carbocycles. The maximum absolute atomic E-state index is 12.3. The van der Waals surface area contributed by atoms with Gasteiger partial charge in [-0.25, -0.2) is 13.1 Å². The Balaban J connectivity index is 3.22. The minimum absolute atomic E-state index is 0.175. The van der Waals surface area contributed by atoms with Gasteiger partial charge in [-0.1, -0.05) is 6.07 Å². The Morgan fingerprint density at radius 3 is 2.26 bits per heavy atom. The van der Waals surface area contributed by atoms with Crippen molar-refractivity contribution in [2.45, 2.75) is 45.1 Å². The van der Waals surface area contributed by atoms with Crippen molar-refractivity contribution in [2.24, 2.45) is 0 Å². The Kier molecular flexibility index (Phi) is 4.37. The molecule has 0 spiro atoms. The zero-order chi connectivity index (χ0) is 14.8. The number of benzene rings is 1. The molecular formula is C13H20N2O3S. The molecule has 0 unspecified atom stereocenters. The number of carbonyl (C=O) groups is 1. The molecule has 0 fully saturated rings. The fraction of sp³-hybridized carbons (Fsp3) is 0.462. The van der Waals surface area contributed by atoms with Crippen molar-refractivity contribution in [2.75, 3.05) is 5.32 Å². The topological polar surface area (TPSA) is 75.3 Å². The Labute approximate surface area is 114 Å². The highest BCUT2D eigenvalue weighted by atomic mass is 32.2. The van der Waals surface area contributed by atoms with Gasteiger partial charge in [-0.05, 0) is 45.4 Å². The van der Waals surface area contributed by atoms with E-state index in [1.807, 2.05) is 0 Å². The highest BCUT2D eigenvalue weighted by Crippen LogP contribution is 2.21. The van der Waals surface area contributed by atoms with E-state index in [0.29, 0.717) is 11.3 Å². The fourth-order valence-corrected chi connectivity index (χ4v) is 3.32. The second kappa shape index (κ2) is 5.30. The predicted octanol–water partition coefficient (Wildman–Crippen LogP) is 2.03. The first kappa shape index (κ1) is 15.7. The lowest BCUT2D eigenvalue weighted by molar-refractivity contribution is -0.114. The summed E-state index contributed by atoms with van der Waals surface area (Å²) < 4.78 is 27.2. The smallest absolute Gasteiger partial charge is 0.241 e. The van der Waals surface area contributed by atoms with Crippen LogP contribution in [0.15, 0.2) is 23.1 Å². The van der Waals surface area contributed by atoms with E-state index in [-0.39, 0.29) is 10.8 Å². The van der Waals surface area contributed by atoms with Crippen molar-refractivity contribution in [3.05, 3.63) is 23.8 Å². The average molecular weight is 284 g/mol. The van der Waals surface area contributed by atoms with Crippen LogP contribution in [0.4, 0.5) is 5.69 Å². The van der Waals surface area contributed by atoms with Gasteiger partial charge in [0.25, 0.3) is 0 Å². The molecule has 2 N–H and O–H groups in total. The van der Waals surface area contributed by atoms with Gasteiger partial charge >= 0.3 is 0 Å². The van der Waals surface area contributed by atoms with Crippen LogP contribution in [0.5, 0.6) is 0 Å². The highest BCUT2D eigenvalue weighted by Gasteiger charge is 2.23. The van der Waals surface area contributed by atoms with E-state index in [9.17, 15) is 13.2 Å². The molecule has 5 nitrogen and oxygen atoms in total. The van der Waals surface area contributed by atoms with Crippen LogP contribution in [0.25, 0.3) is 0 Å². The first-order chi connectivity index (χ1) is 8.51. The molecule has 0 aromatic heterocycles. The molecule has 0 aliphatic rings. The molecule has 19 heavy (non-hydrogen) atoms. The summed E-state index contributed by atoms with van der Waals surface area (Å²) in [6.45, 7) is 8.42. The second-order valence-electron chi connectivity index (χ2n) is 5.52. The monoisotopic (exact) mass is 284 g/mol. The second-order valence-corrected chi connectivity index (χ2v) is 7.17. The van der Waals surface area contributed by atoms with Crippen LogP contribution in [-0.2, 0) is 14.8 Å². The first-order valence-corrected chi connectivity index (χ1v) is 7.42. The van der Waals surface area contributed by atoms with Crippen molar-refractivity contribution in [3.8, 4) is 0 Å². The van der Waals surface area contributed by atoms with E-state index in [2.05, 4.69) is 10.0 Å². The summed E-state index contributed by atoms with van der Waals surface area (Å²) in [5.74, 6) is -0.240. The Bertz CT molecular complexity index is 586. The van der Waals surface area contributed by atoms with E-state index in [1.165, 1.54) is 13.0 Å². The lowest BCUT2D eigenvalue weighted by atomic mass is 10.1. The van der Waals surface area contributed by atoms with Gasteiger partial charge in [-0.2, -0.15) is 0 Å². The molecule has 6 heteroatoms. The van der Waals surface area contributed by atoms with E-state index in [4.69, 9.17) is 0 Å². The summed E-state index contributed by atoms with van der Waals surface area (Å²) in [5, 5.41) is 2.58. The molecular weight excluding hydrogens is 264 g/mol. The van der Waals surface area contributed by atoms with Crippen LogP contribution in [0.1, 0.15) is 33.3 Å². The van der Waals surface area contributed by atoms with Crippen molar-refractivity contribution in [3.63, 3.8) is 0 Å². The quantitative estimate of drug-likeness (QED) is 0.891. The van der Waals surface area contributed by atoms with Gasteiger partial charge < -0.3 is 5.32 Å². The zero-order valence-electron chi connectivity index (χ0n) is 11.9. The molecule has 0 saturated heterocycles. The van der Waals surface area contributed by atoms with Gasteiger partial charge in [0.1, 0.15) is 0 Å². The van der Waals surface area contributed by atoms with Crippen LogP contribution in [0, 0.1) is 6.92 Å². The number of hydrogen-bond donors (Lipinski definition) is 2. The largest absolute Gasteiger partial charge is 0.326 e. The molecule has 1 rings (SSSR count). The fourth-order valence-electron chi connectivity index (χ4n) is 1.63. The Morgan fingerprint density at radius 1 is 1.21 bits per heavy atom. The normalized spacial score (nSPS) is 12.3. The molecule has 0 heterocycles. The molecule has 1 amide bonds. The number of rotatable bonds is 3. The molecule has 0 aliphatic carbocycles. The molecule has 0 aliphatic heterocycles. The van der Waals surface area contributed by atoms with Gasteiger partial charge in [0.05, 0.1) is 4.90 Å². The van der Waals surface area contributed by atoms with Crippen LogP contribution in [0.3, 0.4) is 0 Å². The lowest BCUT2D eigenvalue weighted by Gasteiger charge is -2.21. The third-order valence-electron chi connectivity index (χ3n) is 2.24. The number of anilines is 1. The maximum atomic E-state index is 12.3. The molecule has 0 bridgehead atoms. The van der Waals surface area contributed by atoms with Crippen LogP contribution in [-0.4, -0.2) is 19.9 Å². The maximum Gasteiger partial charge on any atom is 0.241 e. The van der Waals surface area contributed by atoms with Crippen LogP contribution >= 0.6 is 0 Å². The van der Waals surface area contributed by atoms with Crippen LogP contribution < -0.4 is 10.0 Å². The third-order valence-corrected chi connectivity index (χ3v) is 4.14. The summed E-state index contributed by atoms with van der Waals surface area (Å²) in [5.41, 5.74) is 0.535. The van der Waals surface area contributed by atoms with E-state index < -0.39 is 15.6 Å². The molecule has 0 atom stereocenters. The molecule has 0 radical (unpaired) electrons. The SMILES string of the molecule is CC(=O)Nc1ccc(C)c(S(=O)(=O)NC(C)(C)C)c1. The summed E-state index contributed by atoms with van der Waals surface area (Å²) in [4.78, 5) is 11.2. The van der Waals surface area contributed by atoms with Crippen molar-refractivity contribution in [1.82, 2.24) is 4.72 Å². The van der Waals surface area contributed by atoms with Gasteiger partial charge in [0.15, 0.2) is 0 Å². The number of hydrogen-bond acceptors (Lipinski definition) is 3.